The Morgan fingerprint density at radius 3 is 2.35 bits per heavy atom. The Morgan fingerprint density at radius 2 is 1.90 bits per heavy atom. The molecular formula is C12H20BrClN4O2. The van der Waals surface area contributed by atoms with E-state index in [1.54, 1.807) is 27.7 Å². The lowest BCUT2D eigenvalue weighted by molar-refractivity contribution is 0.0528. The van der Waals surface area contributed by atoms with Crippen LogP contribution in [0.15, 0.2) is 20.3 Å². The summed E-state index contributed by atoms with van der Waals surface area (Å²) >= 11 is 8.97. The summed E-state index contributed by atoms with van der Waals surface area (Å²) in [6, 6.07) is 0. The summed E-state index contributed by atoms with van der Waals surface area (Å²) in [5.74, 6) is 0.522. The summed E-state index contributed by atoms with van der Waals surface area (Å²) in [7, 11) is 0. The van der Waals surface area contributed by atoms with Gasteiger partial charge in [-0.05, 0) is 46.0 Å². The number of nitrogens with zero attached hydrogens (tertiary/aromatic N) is 2. The molecule has 114 valence electrons. The highest BCUT2D eigenvalue weighted by atomic mass is 79.9. The van der Waals surface area contributed by atoms with E-state index in [1.807, 2.05) is 0 Å². The lowest BCUT2D eigenvalue weighted by Gasteiger charge is -2.19. The standard InChI is InChI=1S/C12H20BrClN4O2/c1-8(13)9(18-10(14)15-5)16-6-7-17-11(19)20-12(2,3)4/h16H,5-7H2,1-4H3,(H,17,19)/b9-8+,18-10-. The third kappa shape index (κ3) is 9.80. The zero-order chi connectivity index (χ0) is 15.8. The molecular weight excluding hydrogens is 348 g/mol. The van der Waals surface area contributed by atoms with Crippen LogP contribution >= 0.6 is 27.5 Å². The molecule has 0 fully saturated rings. The predicted octanol–water partition coefficient (Wildman–Crippen LogP) is 2.98. The number of halogens is 2. The van der Waals surface area contributed by atoms with Crippen LogP contribution in [0.5, 0.6) is 0 Å². The molecule has 8 heteroatoms. The van der Waals surface area contributed by atoms with Crippen LogP contribution in [0.2, 0.25) is 0 Å². The molecule has 0 heterocycles. The van der Waals surface area contributed by atoms with Gasteiger partial charge in [-0.1, -0.05) is 15.9 Å². The van der Waals surface area contributed by atoms with E-state index in [0.717, 1.165) is 4.48 Å². The Kier molecular flexibility index (Phi) is 8.48. The van der Waals surface area contributed by atoms with Crippen molar-refractivity contribution in [2.24, 2.45) is 9.98 Å². The normalized spacial score (nSPS) is 13.4. The molecule has 0 aromatic carbocycles. The largest absolute Gasteiger partial charge is 0.444 e. The van der Waals surface area contributed by atoms with Gasteiger partial charge in [0.25, 0.3) is 0 Å². The molecule has 0 rings (SSSR count). The number of carbonyl (C=O) groups is 1. The molecule has 0 spiro atoms. The van der Waals surface area contributed by atoms with Crippen LogP contribution in [-0.2, 0) is 4.74 Å². The first-order valence-corrected chi connectivity index (χ1v) is 7.11. The number of allylic oxidation sites excluding steroid dienone is 1. The van der Waals surface area contributed by atoms with Gasteiger partial charge in [0.05, 0.1) is 0 Å². The van der Waals surface area contributed by atoms with Crippen molar-refractivity contribution in [2.45, 2.75) is 33.3 Å². The number of ether oxygens (including phenoxy) is 1. The van der Waals surface area contributed by atoms with Gasteiger partial charge in [-0.2, -0.15) is 0 Å². The summed E-state index contributed by atoms with van der Waals surface area (Å²) in [5, 5.41) is 5.66. The highest BCUT2D eigenvalue weighted by Crippen LogP contribution is 2.10. The van der Waals surface area contributed by atoms with Crippen molar-refractivity contribution in [3.05, 3.63) is 10.3 Å². The van der Waals surface area contributed by atoms with E-state index in [2.05, 4.69) is 43.3 Å². The number of carbonyl (C=O) groups excluding carboxylic acids is 1. The number of amides is 1. The van der Waals surface area contributed by atoms with E-state index in [4.69, 9.17) is 16.3 Å². The molecule has 0 aromatic rings. The summed E-state index contributed by atoms with van der Waals surface area (Å²) in [6.07, 6.45) is -0.463. The van der Waals surface area contributed by atoms with E-state index in [1.165, 1.54) is 0 Å². The second-order valence-electron chi connectivity index (χ2n) is 4.78. The molecule has 0 bridgehead atoms. The fourth-order valence-corrected chi connectivity index (χ4v) is 1.34. The van der Waals surface area contributed by atoms with Crippen molar-refractivity contribution in [3.63, 3.8) is 0 Å². The summed E-state index contributed by atoms with van der Waals surface area (Å²) in [5.41, 5.74) is -0.511. The minimum Gasteiger partial charge on any atom is -0.444 e. The third-order valence-corrected chi connectivity index (χ3v) is 2.33. The monoisotopic (exact) mass is 366 g/mol. The third-order valence-electron chi connectivity index (χ3n) is 1.75. The van der Waals surface area contributed by atoms with Gasteiger partial charge in [-0.15, -0.1) is 0 Å². The fourth-order valence-electron chi connectivity index (χ4n) is 1.03. The molecule has 0 saturated carbocycles. The van der Waals surface area contributed by atoms with Gasteiger partial charge in [0.2, 0.25) is 5.29 Å². The highest BCUT2D eigenvalue weighted by molar-refractivity contribution is 9.11. The van der Waals surface area contributed by atoms with Crippen molar-refractivity contribution in [3.8, 4) is 0 Å². The molecule has 0 atom stereocenters. The summed E-state index contributed by atoms with van der Waals surface area (Å²) in [4.78, 5) is 18.9. The molecule has 6 nitrogen and oxygen atoms in total. The van der Waals surface area contributed by atoms with Crippen molar-refractivity contribution in [1.82, 2.24) is 10.6 Å². The summed E-state index contributed by atoms with van der Waals surface area (Å²) in [6.45, 7) is 11.3. The molecule has 1 amide bonds. The van der Waals surface area contributed by atoms with Gasteiger partial charge < -0.3 is 15.4 Å². The molecule has 2 N–H and O–H groups in total. The van der Waals surface area contributed by atoms with E-state index in [9.17, 15) is 4.79 Å². The second-order valence-corrected chi connectivity index (χ2v) is 6.30. The van der Waals surface area contributed by atoms with Gasteiger partial charge in [0, 0.05) is 17.6 Å². The van der Waals surface area contributed by atoms with Crippen molar-refractivity contribution < 1.29 is 9.53 Å². The van der Waals surface area contributed by atoms with Crippen molar-refractivity contribution >= 4 is 45.6 Å². The van der Waals surface area contributed by atoms with E-state index in [-0.39, 0.29) is 5.29 Å². The van der Waals surface area contributed by atoms with Crippen LogP contribution < -0.4 is 10.6 Å². The molecule has 0 unspecified atom stereocenters. The van der Waals surface area contributed by atoms with Crippen LogP contribution in [0, 0.1) is 0 Å². The lowest BCUT2D eigenvalue weighted by atomic mass is 10.2. The first-order valence-electron chi connectivity index (χ1n) is 5.93. The first kappa shape index (κ1) is 18.9. The maximum atomic E-state index is 11.4. The van der Waals surface area contributed by atoms with Gasteiger partial charge >= 0.3 is 6.09 Å². The molecule has 0 aliphatic heterocycles. The Balaban J connectivity index is 4.20. The number of hydrogen-bond acceptors (Lipinski definition) is 4. The smallest absolute Gasteiger partial charge is 0.407 e. The van der Waals surface area contributed by atoms with Gasteiger partial charge in [0.1, 0.15) is 11.4 Å². The number of hydrogen-bond donors (Lipinski definition) is 2. The van der Waals surface area contributed by atoms with Crippen molar-refractivity contribution in [1.29, 1.82) is 0 Å². The number of aliphatic imine (C=N–C) groups is 2. The van der Waals surface area contributed by atoms with Crippen molar-refractivity contribution in [2.75, 3.05) is 13.1 Å². The minimum atomic E-state index is -0.511. The summed E-state index contributed by atoms with van der Waals surface area (Å²) < 4.78 is 5.86. The molecule has 0 aliphatic carbocycles. The van der Waals surface area contributed by atoms with E-state index >= 15 is 0 Å². The topological polar surface area (TPSA) is 75.1 Å². The Labute approximate surface area is 132 Å². The predicted molar refractivity (Wildman–Crippen MR) is 86.7 cm³/mol. The zero-order valence-electron chi connectivity index (χ0n) is 12.1. The lowest BCUT2D eigenvalue weighted by Crippen LogP contribution is -2.36. The van der Waals surface area contributed by atoms with Crippen LogP contribution in [0.25, 0.3) is 0 Å². The average Bonchev–Trinajstić information content (AvgIpc) is 2.30. The highest BCUT2D eigenvalue weighted by Gasteiger charge is 2.15. The van der Waals surface area contributed by atoms with E-state index in [0.29, 0.717) is 18.9 Å². The van der Waals surface area contributed by atoms with Crippen LogP contribution in [0.1, 0.15) is 27.7 Å². The second kappa shape index (κ2) is 8.97. The van der Waals surface area contributed by atoms with Crippen LogP contribution in [-0.4, -0.2) is 36.8 Å². The Morgan fingerprint density at radius 1 is 1.35 bits per heavy atom. The number of rotatable bonds is 5. The number of alkyl carbamates (subject to hydrolysis) is 1. The fraction of sp³-hybridized carbons (Fsp3) is 0.583. The maximum Gasteiger partial charge on any atom is 0.407 e. The number of amidine groups is 1. The van der Waals surface area contributed by atoms with Gasteiger partial charge in [0.15, 0.2) is 0 Å². The maximum absolute atomic E-state index is 11.4. The average molecular weight is 368 g/mol. The Hall–Kier alpha value is -1.08. The molecule has 0 aliphatic rings. The minimum absolute atomic E-state index is 0.0337. The zero-order valence-corrected chi connectivity index (χ0v) is 14.4. The van der Waals surface area contributed by atoms with Crippen LogP contribution in [0.3, 0.4) is 0 Å². The molecule has 20 heavy (non-hydrogen) atoms. The number of nitrogens with one attached hydrogen (secondary N) is 2. The van der Waals surface area contributed by atoms with E-state index < -0.39 is 11.7 Å². The molecule has 0 aromatic heterocycles. The Bertz CT molecular complexity index is 412. The quantitative estimate of drug-likeness (QED) is 0.339. The first-order chi connectivity index (χ1) is 9.15. The SMILES string of the molecule is C=N/C(Cl)=N\C(NCCNC(=O)OC(C)(C)C)=C(/C)Br. The van der Waals surface area contributed by atoms with Gasteiger partial charge in [-0.3, -0.25) is 0 Å². The van der Waals surface area contributed by atoms with Crippen LogP contribution in [0.4, 0.5) is 4.79 Å². The van der Waals surface area contributed by atoms with Gasteiger partial charge in [-0.25, -0.2) is 14.8 Å². The molecule has 0 saturated heterocycles. The molecule has 0 radical (unpaired) electrons.